The highest BCUT2D eigenvalue weighted by atomic mass is 79.9. The van der Waals surface area contributed by atoms with Gasteiger partial charge in [0.1, 0.15) is 5.69 Å². The fraction of sp³-hybridized carbons (Fsp3) is 0. The summed E-state index contributed by atoms with van der Waals surface area (Å²) in [6, 6.07) is 11.0. The molecule has 1 aromatic carbocycles. The molecule has 0 aliphatic heterocycles. The fourth-order valence-electron chi connectivity index (χ4n) is 1.97. The molecule has 0 fully saturated rings. The van der Waals surface area contributed by atoms with E-state index in [9.17, 15) is 4.79 Å². The summed E-state index contributed by atoms with van der Waals surface area (Å²) >= 11 is 3.31. The summed E-state index contributed by atoms with van der Waals surface area (Å²) in [6.07, 6.45) is 5.06. The molecular weight excluding hydrogens is 304 g/mol. The molecule has 92 valence electrons. The number of pyridine rings is 2. The molecule has 19 heavy (non-hydrogen) atoms. The Hall–Kier alpha value is -2.07. The Labute approximate surface area is 118 Å². The molecule has 0 radical (unpaired) electrons. The third kappa shape index (κ3) is 2.27. The maximum atomic E-state index is 12.5. The van der Waals surface area contributed by atoms with E-state index in [1.54, 1.807) is 24.7 Å². The van der Waals surface area contributed by atoms with Crippen molar-refractivity contribution in [1.82, 2.24) is 9.97 Å². The van der Waals surface area contributed by atoms with Crippen LogP contribution < -0.4 is 0 Å². The van der Waals surface area contributed by atoms with Gasteiger partial charge in [0.05, 0.1) is 0 Å². The van der Waals surface area contributed by atoms with Crippen LogP contribution in [0, 0.1) is 0 Å². The van der Waals surface area contributed by atoms with Gasteiger partial charge in [-0.1, -0.05) is 18.2 Å². The van der Waals surface area contributed by atoms with Gasteiger partial charge >= 0.3 is 0 Å². The number of halogens is 1. The van der Waals surface area contributed by atoms with Gasteiger partial charge in [-0.05, 0) is 39.5 Å². The number of aromatic nitrogens is 2. The van der Waals surface area contributed by atoms with Crippen LogP contribution in [-0.2, 0) is 0 Å². The Balaban J connectivity index is 2.14. The number of carbonyl (C=O) groups is 1. The Morgan fingerprint density at radius 2 is 1.95 bits per heavy atom. The lowest BCUT2D eigenvalue weighted by Crippen LogP contribution is -2.04. The van der Waals surface area contributed by atoms with E-state index in [1.165, 1.54) is 0 Å². The smallest absolute Gasteiger partial charge is 0.211 e. The van der Waals surface area contributed by atoms with E-state index in [0.717, 1.165) is 15.2 Å². The predicted molar refractivity (Wildman–Crippen MR) is 77.1 cm³/mol. The second-order valence-corrected chi connectivity index (χ2v) is 5.01. The lowest BCUT2D eigenvalue weighted by molar-refractivity contribution is 0.103. The van der Waals surface area contributed by atoms with E-state index in [-0.39, 0.29) is 5.78 Å². The number of benzene rings is 1. The van der Waals surface area contributed by atoms with Crippen molar-refractivity contribution in [2.45, 2.75) is 0 Å². The molecule has 3 rings (SSSR count). The van der Waals surface area contributed by atoms with Gasteiger partial charge in [0.15, 0.2) is 0 Å². The second-order valence-electron chi connectivity index (χ2n) is 4.09. The Morgan fingerprint density at radius 3 is 2.74 bits per heavy atom. The molecule has 0 N–H and O–H groups in total. The Kier molecular flexibility index (Phi) is 3.09. The number of fused-ring (bicyclic) bond motifs is 1. The average molecular weight is 313 g/mol. The number of carbonyl (C=O) groups excluding carboxylic acids is 1. The van der Waals surface area contributed by atoms with Gasteiger partial charge in [0.25, 0.3) is 0 Å². The Bertz CT molecular complexity index is 748. The lowest BCUT2D eigenvalue weighted by Gasteiger charge is -2.05. The minimum atomic E-state index is -0.0794. The number of hydrogen-bond donors (Lipinski definition) is 0. The summed E-state index contributed by atoms with van der Waals surface area (Å²) < 4.78 is 0.853. The molecule has 4 heteroatoms. The average Bonchev–Trinajstić information content (AvgIpc) is 2.47. The third-order valence-electron chi connectivity index (χ3n) is 2.89. The van der Waals surface area contributed by atoms with Crippen molar-refractivity contribution in [3.05, 3.63) is 70.7 Å². The minimum Gasteiger partial charge on any atom is -0.287 e. The van der Waals surface area contributed by atoms with E-state index >= 15 is 0 Å². The van der Waals surface area contributed by atoms with Crippen LogP contribution in [0.5, 0.6) is 0 Å². The van der Waals surface area contributed by atoms with Crippen LogP contribution in [-0.4, -0.2) is 15.8 Å². The maximum Gasteiger partial charge on any atom is 0.211 e. The molecule has 0 spiro atoms. The van der Waals surface area contributed by atoms with Crippen LogP contribution in [0.25, 0.3) is 10.8 Å². The molecule has 0 saturated carbocycles. The van der Waals surface area contributed by atoms with Crippen molar-refractivity contribution < 1.29 is 4.79 Å². The van der Waals surface area contributed by atoms with Crippen LogP contribution >= 0.6 is 15.9 Å². The van der Waals surface area contributed by atoms with E-state index in [1.807, 2.05) is 30.3 Å². The number of nitrogens with zero attached hydrogens (tertiary/aromatic N) is 2. The monoisotopic (exact) mass is 312 g/mol. The summed E-state index contributed by atoms with van der Waals surface area (Å²) in [6.45, 7) is 0. The van der Waals surface area contributed by atoms with Gasteiger partial charge in [-0.2, -0.15) is 0 Å². The third-order valence-corrected chi connectivity index (χ3v) is 3.35. The largest absolute Gasteiger partial charge is 0.287 e. The van der Waals surface area contributed by atoms with Crippen LogP contribution in [0.15, 0.2) is 59.5 Å². The zero-order chi connectivity index (χ0) is 13.2. The Morgan fingerprint density at radius 1 is 1.05 bits per heavy atom. The molecule has 0 aliphatic rings. The van der Waals surface area contributed by atoms with Crippen LogP contribution in [0.3, 0.4) is 0 Å². The van der Waals surface area contributed by atoms with Crippen molar-refractivity contribution >= 4 is 32.5 Å². The second kappa shape index (κ2) is 4.90. The highest BCUT2D eigenvalue weighted by Gasteiger charge is 2.13. The van der Waals surface area contributed by atoms with Gasteiger partial charge in [0, 0.05) is 34.0 Å². The van der Waals surface area contributed by atoms with E-state index < -0.39 is 0 Å². The summed E-state index contributed by atoms with van der Waals surface area (Å²) in [5.41, 5.74) is 1.09. The molecule has 3 nitrogen and oxygen atoms in total. The summed E-state index contributed by atoms with van der Waals surface area (Å²) in [5, 5.41) is 1.85. The minimum absolute atomic E-state index is 0.0794. The molecule has 0 aliphatic carbocycles. The number of rotatable bonds is 2. The summed E-state index contributed by atoms with van der Waals surface area (Å²) in [5.74, 6) is -0.0794. The van der Waals surface area contributed by atoms with Crippen molar-refractivity contribution in [3.63, 3.8) is 0 Å². The molecular formula is C15H9BrN2O. The van der Waals surface area contributed by atoms with Crippen LogP contribution in [0.1, 0.15) is 16.1 Å². The van der Waals surface area contributed by atoms with Gasteiger partial charge in [-0.15, -0.1) is 0 Å². The molecule has 0 unspecified atom stereocenters. The quantitative estimate of drug-likeness (QED) is 0.679. The first-order chi connectivity index (χ1) is 9.25. The van der Waals surface area contributed by atoms with Crippen molar-refractivity contribution in [2.24, 2.45) is 0 Å². The zero-order valence-corrected chi connectivity index (χ0v) is 11.5. The first kappa shape index (κ1) is 12.0. The molecule has 2 heterocycles. The maximum absolute atomic E-state index is 12.5. The predicted octanol–water partition coefficient (Wildman–Crippen LogP) is 3.62. The van der Waals surface area contributed by atoms with Crippen molar-refractivity contribution in [2.75, 3.05) is 0 Å². The molecule has 0 saturated heterocycles. The SMILES string of the molecule is O=C(c1ccc(Br)cn1)c1cccc2cnccc12. The van der Waals surface area contributed by atoms with Gasteiger partial charge in [0.2, 0.25) is 5.78 Å². The summed E-state index contributed by atoms with van der Waals surface area (Å²) in [7, 11) is 0. The van der Waals surface area contributed by atoms with Gasteiger partial charge < -0.3 is 0 Å². The van der Waals surface area contributed by atoms with Crippen molar-refractivity contribution in [3.8, 4) is 0 Å². The van der Waals surface area contributed by atoms with E-state index in [4.69, 9.17) is 0 Å². The number of ketones is 1. The standard InChI is InChI=1S/C15H9BrN2O/c16-11-4-5-14(18-9-11)15(19)13-3-1-2-10-8-17-7-6-12(10)13/h1-9H. The number of hydrogen-bond acceptors (Lipinski definition) is 3. The molecule has 2 aromatic heterocycles. The summed E-state index contributed by atoms with van der Waals surface area (Å²) in [4.78, 5) is 20.7. The highest BCUT2D eigenvalue weighted by molar-refractivity contribution is 9.10. The molecule has 0 atom stereocenters. The first-order valence-corrected chi connectivity index (χ1v) is 6.54. The van der Waals surface area contributed by atoms with Crippen LogP contribution in [0.2, 0.25) is 0 Å². The molecule has 3 aromatic rings. The normalized spacial score (nSPS) is 10.6. The molecule has 0 bridgehead atoms. The van der Waals surface area contributed by atoms with E-state index in [0.29, 0.717) is 11.3 Å². The first-order valence-electron chi connectivity index (χ1n) is 5.75. The van der Waals surface area contributed by atoms with Crippen molar-refractivity contribution in [1.29, 1.82) is 0 Å². The fourth-order valence-corrected chi connectivity index (χ4v) is 2.20. The van der Waals surface area contributed by atoms with Gasteiger partial charge in [-0.25, -0.2) is 0 Å². The van der Waals surface area contributed by atoms with Gasteiger partial charge in [-0.3, -0.25) is 14.8 Å². The molecule has 0 amide bonds. The van der Waals surface area contributed by atoms with E-state index in [2.05, 4.69) is 25.9 Å². The highest BCUT2D eigenvalue weighted by Crippen LogP contribution is 2.20. The zero-order valence-electron chi connectivity index (χ0n) is 9.88. The van der Waals surface area contributed by atoms with Crippen LogP contribution in [0.4, 0.5) is 0 Å². The topological polar surface area (TPSA) is 42.9 Å². The lowest BCUT2D eigenvalue weighted by atomic mass is 10.0.